The summed E-state index contributed by atoms with van der Waals surface area (Å²) in [6.45, 7) is 2.26. The van der Waals surface area contributed by atoms with Crippen LogP contribution in [-0.4, -0.2) is 69.2 Å². The second-order valence-corrected chi connectivity index (χ2v) is 9.90. The third-order valence-corrected chi connectivity index (χ3v) is 7.86. The molecule has 160 valence electrons. The summed E-state index contributed by atoms with van der Waals surface area (Å²) in [4.78, 5) is 15.7. The number of hydrogen-bond donors (Lipinski definition) is 0. The molecule has 2 aromatic carbocycles. The molecule has 1 fully saturated rings. The van der Waals surface area contributed by atoms with Crippen molar-refractivity contribution in [1.82, 2.24) is 9.21 Å². The Hall–Kier alpha value is -2.23. The number of amides is 1. The van der Waals surface area contributed by atoms with E-state index in [0.29, 0.717) is 43.4 Å². The first-order chi connectivity index (χ1) is 14.5. The highest BCUT2D eigenvalue weighted by atomic mass is 32.2. The van der Waals surface area contributed by atoms with Gasteiger partial charge in [0.1, 0.15) is 0 Å². The monoisotopic (exact) mass is 448 g/mol. The predicted molar refractivity (Wildman–Crippen MR) is 115 cm³/mol. The van der Waals surface area contributed by atoms with E-state index in [1.54, 1.807) is 28.8 Å². The Morgan fingerprint density at radius 2 is 1.60 bits per heavy atom. The van der Waals surface area contributed by atoms with Gasteiger partial charge in [0.25, 0.3) is 5.91 Å². The summed E-state index contributed by atoms with van der Waals surface area (Å²) in [6, 6.07) is 12.2. The van der Waals surface area contributed by atoms with Crippen LogP contribution in [0.2, 0.25) is 0 Å². The fraction of sp³-hybridized carbons (Fsp3) is 0.381. The number of carbonyl (C=O) groups excluding carboxylic acids is 1. The molecule has 9 heteroatoms. The summed E-state index contributed by atoms with van der Waals surface area (Å²) in [7, 11) is -3.67. The van der Waals surface area contributed by atoms with Crippen LogP contribution in [0.4, 0.5) is 0 Å². The second-order valence-electron chi connectivity index (χ2n) is 7.08. The maximum atomic E-state index is 13.1. The van der Waals surface area contributed by atoms with E-state index in [2.05, 4.69) is 0 Å². The Morgan fingerprint density at radius 3 is 2.27 bits per heavy atom. The number of hydrogen-bond acceptors (Lipinski definition) is 6. The number of carbonyl (C=O) groups is 1. The number of fused-ring (bicyclic) bond motifs is 1. The van der Waals surface area contributed by atoms with Crippen LogP contribution in [0.3, 0.4) is 0 Å². The van der Waals surface area contributed by atoms with Gasteiger partial charge in [0.2, 0.25) is 10.0 Å². The lowest BCUT2D eigenvalue weighted by Crippen LogP contribution is -2.50. The number of sulfonamides is 1. The van der Waals surface area contributed by atoms with E-state index >= 15 is 0 Å². The van der Waals surface area contributed by atoms with Gasteiger partial charge in [-0.05, 0) is 42.7 Å². The quantitative estimate of drug-likeness (QED) is 0.670. The molecule has 7 nitrogen and oxygen atoms in total. The lowest BCUT2D eigenvalue weighted by molar-refractivity contribution is 0.0698. The summed E-state index contributed by atoms with van der Waals surface area (Å²) < 4.78 is 38.8. The minimum atomic E-state index is -3.67. The van der Waals surface area contributed by atoms with Gasteiger partial charge < -0.3 is 14.4 Å². The van der Waals surface area contributed by atoms with Crippen molar-refractivity contribution in [1.29, 1.82) is 0 Å². The normalized spacial score (nSPS) is 17.4. The molecule has 0 saturated carbocycles. The molecule has 2 aliphatic heterocycles. The van der Waals surface area contributed by atoms with E-state index in [1.165, 1.54) is 10.4 Å². The molecular formula is C21H24N2O5S2. The molecule has 0 radical (unpaired) electrons. The molecule has 0 unspecified atom stereocenters. The zero-order valence-corrected chi connectivity index (χ0v) is 18.4. The summed E-state index contributed by atoms with van der Waals surface area (Å²) in [5.41, 5.74) is 0.618. The van der Waals surface area contributed by atoms with Crippen LogP contribution >= 0.6 is 11.8 Å². The Kier molecular flexibility index (Phi) is 6.21. The van der Waals surface area contributed by atoms with E-state index in [1.807, 2.05) is 30.5 Å². The third-order valence-electron chi connectivity index (χ3n) is 5.22. The van der Waals surface area contributed by atoms with Gasteiger partial charge in [0, 0.05) is 49.1 Å². The first-order valence-corrected chi connectivity index (χ1v) is 12.5. The molecule has 0 N–H and O–H groups in total. The Morgan fingerprint density at radius 1 is 0.933 bits per heavy atom. The number of rotatable bonds is 4. The van der Waals surface area contributed by atoms with E-state index in [0.717, 1.165) is 11.3 Å². The maximum absolute atomic E-state index is 13.1. The molecule has 0 aromatic heterocycles. The highest BCUT2D eigenvalue weighted by Crippen LogP contribution is 2.33. The van der Waals surface area contributed by atoms with E-state index < -0.39 is 10.0 Å². The Bertz CT molecular complexity index is 1020. The first-order valence-electron chi connectivity index (χ1n) is 9.82. The van der Waals surface area contributed by atoms with Crippen LogP contribution in [-0.2, 0) is 10.0 Å². The fourth-order valence-electron chi connectivity index (χ4n) is 3.50. The van der Waals surface area contributed by atoms with Crippen molar-refractivity contribution < 1.29 is 22.7 Å². The summed E-state index contributed by atoms with van der Waals surface area (Å²) >= 11 is 1.62. The minimum absolute atomic E-state index is 0.0738. The van der Waals surface area contributed by atoms with Crippen LogP contribution in [0.25, 0.3) is 0 Å². The van der Waals surface area contributed by atoms with Crippen LogP contribution in [0.15, 0.2) is 52.3 Å². The number of ether oxygens (including phenoxy) is 2. The molecule has 0 atom stereocenters. The molecule has 2 aromatic rings. The van der Waals surface area contributed by atoms with Gasteiger partial charge >= 0.3 is 0 Å². The molecule has 2 heterocycles. The molecule has 0 bridgehead atoms. The van der Waals surface area contributed by atoms with E-state index in [4.69, 9.17) is 9.47 Å². The standard InChI is InChI=1S/C21H24N2O5S2/c1-29-17-5-3-16(4-6-17)21(24)22-9-11-23(12-10-22)30(25,26)18-7-8-19-20(15-18)28-14-2-13-27-19/h3-8,15H,2,9-14H2,1H3. The molecular weight excluding hydrogens is 424 g/mol. The Labute approximate surface area is 181 Å². The number of nitrogens with zero attached hydrogens (tertiary/aromatic N) is 2. The first kappa shape index (κ1) is 21.0. The summed E-state index contributed by atoms with van der Waals surface area (Å²) in [6.07, 6.45) is 2.74. The lowest BCUT2D eigenvalue weighted by atomic mass is 10.2. The second kappa shape index (κ2) is 8.87. The molecule has 0 aliphatic carbocycles. The van der Waals surface area contributed by atoms with Crippen LogP contribution < -0.4 is 9.47 Å². The third kappa shape index (κ3) is 4.28. The van der Waals surface area contributed by atoms with Crippen LogP contribution in [0.5, 0.6) is 11.5 Å². The molecule has 2 aliphatic rings. The molecule has 1 saturated heterocycles. The van der Waals surface area contributed by atoms with Crippen molar-refractivity contribution in [3.63, 3.8) is 0 Å². The predicted octanol–water partition coefficient (Wildman–Crippen LogP) is 2.72. The van der Waals surface area contributed by atoms with Gasteiger partial charge in [0.05, 0.1) is 18.1 Å². The highest BCUT2D eigenvalue weighted by Gasteiger charge is 2.31. The van der Waals surface area contributed by atoms with Crippen LogP contribution in [0.1, 0.15) is 16.8 Å². The Balaban J connectivity index is 1.44. The topological polar surface area (TPSA) is 76.2 Å². The van der Waals surface area contributed by atoms with Gasteiger partial charge in [-0.1, -0.05) is 0 Å². The van der Waals surface area contributed by atoms with Gasteiger partial charge in [-0.25, -0.2) is 8.42 Å². The summed E-state index contributed by atoms with van der Waals surface area (Å²) in [5, 5.41) is 0. The zero-order chi connectivity index (χ0) is 21.1. The highest BCUT2D eigenvalue weighted by molar-refractivity contribution is 7.98. The van der Waals surface area contributed by atoms with Crippen molar-refractivity contribution in [3.8, 4) is 11.5 Å². The average molecular weight is 449 g/mol. The minimum Gasteiger partial charge on any atom is -0.490 e. The number of thioether (sulfide) groups is 1. The number of benzene rings is 2. The summed E-state index contributed by atoms with van der Waals surface area (Å²) in [5.74, 6) is 0.945. The van der Waals surface area contributed by atoms with Gasteiger partial charge in [-0.2, -0.15) is 4.31 Å². The van der Waals surface area contributed by atoms with Crippen molar-refractivity contribution >= 4 is 27.7 Å². The van der Waals surface area contributed by atoms with Crippen molar-refractivity contribution in [2.45, 2.75) is 16.2 Å². The van der Waals surface area contributed by atoms with Gasteiger partial charge in [-0.3, -0.25) is 4.79 Å². The van der Waals surface area contributed by atoms with Crippen molar-refractivity contribution in [2.75, 3.05) is 45.6 Å². The number of piperazine rings is 1. The van der Waals surface area contributed by atoms with Crippen molar-refractivity contribution in [3.05, 3.63) is 48.0 Å². The molecule has 4 rings (SSSR count). The zero-order valence-electron chi connectivity index (χ0n) is 16.7. The molecule has 30 heavy (non-hydrogen) atoms. The fourth-order valence-corrected chi connectivity index (χ4v) is 5.35. The molecule has 0 spiro atoms. The van der Waals surface area contributed by atoms with Crippen molar-refractivity contribution in [2.24, 2.45) is 0 Å². The SMILES string of the molecule is CSc1ccc(C(=O)N2CCN(S(=O)(=O)c3ccc4c(c3)OCCCO4)CC2)cc1. The van der Waals surface area contributed by atoms with E-state index in [-0.39, 0.29) is 23.9 Å². The van der Waals surface area contributed by atoms with Gasteiger partial charge in [0.15, 0.2) is 11.5 Å². The average Bonchev–Trinajstić information content (AvgIpc) is 3.03. The van der Waals surface area contributed by atoms with Crippen LogP contribution in [0, 0.1) is 0 Å². The maximum Gasteiger partial charge on any atom is 0.253 e. The van der Waals surface area contributed by atoms with Gasteiger partial charge in [-0.15, -0.1) is 11.8 Å². The molecule has 1 amide bonds. The smallest absolute Gasteiger partial charge is 0.253 e. The largest absolute Gasteiger partial charge is 0.490 e. The lowest BCUT2D eigenvalue weighted by Gasteiger charge is -2.34. The van der Waals surface area contributed by atoms with E-state index in [9.17, 15) is 13.2 Å².